The van der Waals surface area contributed by atoms with Crippen molar-refractivity contribution in [3.8, 4) is 0 Å². The zero-order valence-electron chi connectivity index (χ0n) is 8.87. The minimum Gasteiger partial charge on any atom is -0.381 e. The standard InChI is InChI=1S/C10H20N2O2/c1-2-14-6-4-10(13)12-5-3-9(7-11)8-12/h9H,2-8,11H2,1H3. The Morgan fingerprint density at radius 3 is 3.00 bits per heavy atom. The fourth-order valence-electron chi connectivity index (χ4n) is 1.71. The van der Waals surface area contributed by atoms with Crippen LogP contribution in [0.1, 0.15) is 19.8 Å². The molecule has 2 N–H and O–H groups in total. The third-order valence-corrected chi connectivity index (χ3v) is 2.64. The highest BCUT2D eigenvalue weighted by atomic mass is 16.5. The summed E-state index contributed by atoms with van der Waals surface area (Å²) in [7, 11) is 0. The molecular weight excluding hydrogens is 180 g/mol. The van der Waals surface area contributed by atoms with Gasteiger partial charge in [0.05, 0.1) is 13.0 Å². The molecule has 82 valence electrons. The summed E-state index contributed by atoms with van der Waals surface area (Å²) in [5.41, 5.74) is 5.56. The van der Waals surface area contributed by atoms with E-state index in [0.717, 1.165) is 19.5 Å². The summed E-state index contributed by atoms with van der Waals surface area (Å²) in [6.07, 6.45) is 1.56. The molecule has 1 unspecified atom stereocenters. The van der Waals surface area contributed by atoms with E-state index < -0.39 is 0 Å². The molecule has 0 aromatic heterocycles. The lowest BCUT2D eigenvalue weighted by Gasteiger charge is -2.15. The largest absolute Gasteiger partial charge is 0.381 e. The highest BCUT2D eigenvalue weighted by Crippen LogP contribution is 2.15. The van der Waals surface area contributed by atoms with Gasteiger partial charge in [0.25, 0.3) is 0 Å². The summed E-state index contributed by atoms with van der Waals surface area (Å²) in [5, 5.41) is 0. The number of ether oxygens (including phenoxy) is 1. The molecule has 0 aliphatic carbocycles. The molecule has 1 saturated heterocycles. The van der Waals surface area contributed by atoms with Crippen LogP contribution in [-0.2, 0) is 9.53 Å². The number of carbonyl (C=O) groups excluding carboxylic acids is 1. The molecule has 1 atom stereocenters. The average Bonchev–Trinajstić information content (AvgIpc) is 2.66. The number of nitrogens with two attached hydrogens (primary N) is 1. The van der Waals surface area contributed by atoms with Crippen LogP contribution in [0, 0.1) is 5.92 Å². The molecule has 1 aliphatic heterocycles. The number of rotatable bonds is 5. The van der Waals surface area contributed by atoms with E-state index in [9.17, 15) is 4.79 Å². The van der Waals surface area contributed by atoms with Crippen molar-refractivity contribution in [1.29, 1.82) is 0 Å². The van der Waals surface area contributed by atoms with Crippen LogP contribution in [0.3, 0.4) is 0 Å². The molecule has 14 heavy (non-hydrogen) atoms. The van der Waals surface area contributed by atoms with Crippen LogP contribution < -0.4 is 5.73 Å². The summed E-state index contributed by atoms with van der Waals surface area (Å²) in [5.74, 6) is 0.709. The van der Waals surface area contributed by atoms with Gasteiger partial charge in [0.2, 0.25) is 5.91 Å². The summed E-state index contributed by atoms with van der Waals surface area (Å²) in [4.78, 5) is 13.5. The van der Waals surface area contributed by atoms with Gasteiger partial charge in [-0.3, -0.25) is 4.79 Å². The first-order valence-corrected chi connectivity index (χ1v) is 5.33. The van der Waals surface area contributed by atoms with E-state index in [0.29, 0.717) is 32.1 Å². The van der Waals surface area contributed by atoms with Gasteiger partial charge in [0, 0.05) is 19.7 Å². The Morgan fingerprint density at radius 2 is 2.43 bits per heavy atom. The molecule has 1 heterocycles. The van der Waals surface area contributed by atoms with Crippen LogP contribution in [0.25, 0.3) is 0 Å². The normalized spacial score (nSPS) is 21.6. The third-order valence-electron chi connectivity index (χ3n) is 2.64. The fourth-order valence-corrected chi connectivity index (χ4v) is 1.71. The van der Waals surface area contributed by atoms with E-state index in [1.807, 2.05) is 11.8 Å². The Balaban J connectivity index is 2.18. The molecule has 4 heteroatoms. The van der Waals surface area contributed by atoms with Gasteiger partial charge in [0.1, 0.15) is 0 Å². The fraction of sp³-hybridized carbons (Fsp3) is 0.900. The highest BCUT2D eigenvalue weighted by molar-refractivity contribution is 5.76. The first kappa shape index (κ1) is 11.5. The quantitative estimate of drug-likeness (QED) is 0.646. The number of amides is 1. The minimum absolute atomic E-state index is 0.203. The molecule has 0 aromatic rings. The summed E-state index contributed by atoms with van der Waals surface area (Å²) in [6, 6.07) is 0. The average molecular weight is 200 g/mol. The highest BCUT2D eigenvalue weighted by Gasteiger charge is 2.24. The van der Waals surface area contributed by atoms with Gasteiger partial charge in [-0.15, -0.1) is 0 Å². The number of nitrogens with zero attached hydrogens (tertiary/aromatic N) is 1. The van der Waals surface area contributed by atoms with Crippen molar-refractivity contribution >= 4 is 5.91 Å². The monoisotopic (exact) mass is 200 g/mol. The van der Waals surface area contributed by atoms with Crippen LogP contribution in [0.4, 0.5) is 0 Å². The van der Waals surface area contributed by atoms with E-state index in [-0.39, 0.29) is 5.91 Å². The third kappa shape index (κ3) is 3.27. The van der Waals surface area contributed by atoms with Gasteiger partial charge >= 0.3 is 0 Å². The van der Waals surface area contributed by atoms with Gasteiger partial charge in [-0.05, 0) is 25.8 Å². The van der Waals surface area contributed by atoms with Crippen molar-refractivity contribution in [3.05, 3.63) is 0 Å². The van der Waals surface area contributed by atoms with E-state index in [1.54, 1.807) is 0 Å². The first-order valence-electron chi connectivity index (χ1n) is 5.33. The van der Waals surface area contributed by atoms with E-state index >= 15 is 0 Å². The Hall–Kier alpha value is -0.610. The van der Waals surface area contributed by atoms with Gasteiger partial charge < -0.3 is 15.4 Å². The van der Waals surface area contributed by atoms with Crippen molar-refractivity contribution in [2.45, 2.75) is 19.8 Å². The number of carbonyl (C=O) groups is 1. The molecule has 1 aliphatic rings. The van der Waals surface area contributed by atoms with E-state index in [4.69, 9.17) is 10.5 Å². The number of likely N-dealkylation sites (tertiary alicyclic amines) is 1. The molecular formula is C10H20N2O2. The lowest BCUT2D eigenvalue weighted by Crippen LogP contribution is -2.30. The minimum atomic E-state index is 0.203. The van der Waals surface area contributed by atoms with Gasteiger partial charge in [0.15, 0.2) is 0 Å². The van der Waals surface area contributed by atoms with Crippen LogP contribution in [0.5, 0.6) is 0 Å². The zero-order valence-corrected chi connectivity index (χ0v) is 8.87. The van der Waals surface area contributed by atoms with Crippen LogP contribution in [-0.4, -0.2) is 43.7 Å². The smallest absolute Gasteiger partial charge is 0.224 e. The molecule has 1 amide bonds. The van der Waals surface area contributed by atoms with E-state index in [2.05, 4.69) is 0 Å². The maximum Gasteiger partial charge on any atom is 0.224 e. The predicted octanol–water partition coefficient (Wildman–Crippen LogP) is 0.220. The van der Waals surface area contributed by atoms with Crippen molar-refractivity contribution < 1.29 is 9.53 Å². The SMILES string of the molecule is CCOCCC(=O)N1CCC(CN)C1. The molecule has 0 spiro atoms. The predicted molar refractivity (Wildman–Crippen MR) is 54.9 cm³/mol. The molecule has 0 bridgehead atoms. The summed E-state index contributed by atoms with van der Waals surface area (Å²) >= 11 is 0. The molecule has 0 saturated carbocycles. The van der Waals surface area contributed by atoms with Crippen LogP contribution in [0.15, 0.2) is 0 Å². The van der Waals surface area contributed by atoms with Gasteiger partial charge in [-0.25, -0.2) is 0 Å². The van der Waals surface area contributed by atoms with Crippen LogP contribution >= 0.6 is 0 Å². The van der Waals surface area contributed by atoms with Crippen molar-refractivity contribution in [3.63, 3.8) is 0 Å². The Bertz CT molecular complexity index is 185. The Morgan fingerprint density at radius 1 is 1.64 bits per heavy atom. The van der Waals surface area contributed by atoms with Crippen molar-refractivity contribution in [1.82, 2.24) is 4.90 Å². The Kier molecular flexibility index (Phi) is 4.90. The summed E-state index contributed by atoms with van der Waals surface area (Å²) < 4.78 is 5.14. The second kappa shape index (κ2) is 5.98. The first-order chi connectivity index (χ1) is 6.77. The topological polar surface area (TPSA) is 55.6 Å². The molecule has 1 fully saturated rings. The number of hydrogen-bond donors (Lipinski definition) is 1. The maximum absolute atomic E-state index is 11.6. The Labute approximate surface area is 85.4 Å². The summed E-state index contributed by atoms with van der Waals surface area (Å²) in [6.45, 7) is 5.55. The van der Waals surface area contributed by atoms with Crippen molar-refractivity contribution in [2.24, 2.45) is 11.7 Å². The van der Waals surface area contributed by atoms with Gasteiger partial charge in [-0.2, -0.15) is 0 Å². The molecule has 1 rings (SSSR count). The van der Waals surface area contributed by atoms with E-state index in [1.165, 1.54) is 0 Å². The lowest BCUT2D eigenvalue weighted by atomic mass is 10.1. The second-order valence-electron chi connectivity index (χ2n) is 3.68. The zero-order chi connectivity index (χ0) is 10.4. The molecule has 0 radical (unpaired) electrons. The second-order valence-corrected chi connectivity index (χ2v) is 3.68. The number of hydrogen-bond acceptors (Lipinski definition) is 3. The molecule has 0 aromatic carbocycles. The molecule has 4 nitrogen and oxygen atoms in total. The van der Waals surface area contributed by atoms with Crippen molar-refractivity contribution in [2.75, 3.05) is 32.8 Å². The lowest BCUT2D eigenvalue weighted by molar-refractivity contribution is -0.131. The maximum atomic E-state index is 11.6. The van der Waals surface area contributed by atoms with Gasteiger partial charge in [-0.1, -0.05) is 0 Å². The van der Waals surface area contributed by atoms with Crippen LogP contribution in [0.2, 0.25) is 0 Å².